The number of aryl methyl sites for hydroxylation is 2. The molecule has 35 heavy (non-hydrogen) atoms. The number of thiophene rings is 1. The maximum absolute atomic E-state index is 13.2. The number of hydrogen-bond donors (Lipinski definition) is 1. The van der Waals surface area contributed by atoms with Crippen molar-refractivity contribution < 1.29 is 9.53 Å². The highest BCUT2D eigenvalue weighted by Gasteiger charge is 2.25. The molecule has 1 aliphatic rings. The number of hydrogen-bond acceptors (Lipinski definition) is 7. The summed E-state index contributed by atoms with van der Waals surface area (Å²) in [4.78, 5) is 28.5. The minimum absolute atomic E-state index is 0.134. The molecule has 0 atom stereocenters. The molecule has 7 nitrogen and oxygen atoms in total. The largest absolute Gasteiger partial charge is 0.497 e. The third-order valence-corrected chi connectivity index (χ3v) is 8.16. The van der Waals surface area contributed by atoms with Gasteiger partial charge in [0, 0.05) is 36.3 Å². The number of nitrogens with one attached hydrogen (secondary N) is 1. The Morgan fingerprint density at radius 2 is 1.74 bits per heavy atom. The normalized spacial score (nSPS) is 13.8. The summed E-state index contributed by atoms with van der Waals surface area (Å²) in [6, 6.07) is 14.1. The SMILES string of the molecule is COc1ccc(N2CCN(c3ncnc4sc(C(=O)Nc5ccc(C)cc5Br)c(C)c34)CC2)cc1. The highest BCUT2D eigenvalue weighted by Crippen LogP contribution is 2.36. The van der Waals surface area contributed by atoms with Crippen molar-refractivity contribution in [2.45, 2.75) is 13.8 Å². The van der Waals surface area contributed by atoms with Crippen LogP contribution < -0.4 is 19.9 Å². The van der Waals surface area contributed by atoms with Crippen molar-refractivity contribution in [3.05, 3.63) is 69.3 Å². The lowest BCUT2D eigenvalue weighted by Crippen LogP contribution is -2.46. The molecule has 1 saturated heterocycles. The zero-order valence-corrected chi connectivity index (χ0v) is 22.2. The molecule has 4 aromatic rings. The van der Waals surface area contributed by atoms with Crippen LogP contribution in [0.3, 0.4) is 0 Å². The Kier molecular flexibility index (Phi) is 6.62. The van der Waals surface area contributed by atoms with Crippen LogP contribution in [0.25, 0.3) is 10.2 Å². The number of piperazine rings is 1. The van der Waals surface area contributed by atoms with Crippen LogP contribution in [0.4, 0.5) is 17.2 Å². The first-order chi connectivity index (χ1) is 16.9. The molecule has 1 N–H and O–H groups in total. The number of ether oxygens (including phenoxy) is 1. The summed E-state index contributed by atoms with van der Waals surface area (Å²) in [5.74, 6) is 1.62. The minimum atomic E-state index is -0.134. The molecule has 0 bridgehead atoms. The number of anilines is 3. The Morgan fingerprint density at radius 1 is 1.03 bits per heavy atom. The number of amides is 1. The summed E-state index contributed by atoms with van der Waals surface area (Å²) in [5.41, 5.74) is 3.98. The molecule has 2 aromatic heterocycles. The topological polar surface area (TPSA) is 70.6 Å². The van der Waals surface area contributed by atoms with Gasteiger partial charge in [0.15, 0.2) is 0 Å². The summed E-state index contributed by atoms with van der Waals surface area (Å²) < 4.78 is 6.14. The van der Waals surface area contributed by atoms with Gasteiger partial charge in [-0.15, -0.1) is 11.3 Å². The van der Waals surface area contributed by atoms with Gasteiger partial charge >= 0.3 is 0 Å². The quantitative estimate of drug-likeness (QED) is 0.345. The average molecular weight is 552 g/mol. The molecular weight excluding hydrogens is 526 g/mol. The van der Waals surface area contributed by atoms with Gasteiger partial charge in [0.2, 0.25) is 0 Å². The number of carbonyl (C=O) groups is 1. The summed E-state index contributed by atoms with van der Waals surface area (Å²) in [7, 11) is 1.68. The number of halogens is 1. The van der Waals surface area contributed by atoms with Crippen LogP contribution in [0.2, 0.25) is 0 Å². The fraction of sp³-hybridized carbons (Fsp3) is 0.269. The number of aromatic nitrogens is 2. The Bertz CT molecular complexity index is 1380. The van der Waals surface area contributed by atoms with Gasteiger partial charge in [-0.2, -0.15) is 0 Å². The van der Waals surface area contributed by atoms with E-state index in [1.807, 2.05) is 44.2 Å². The van der Waals surface area contributed by atoms with E-state index in [9.17, 15) is 4.79 Å². The lowest BCUT2D eigenvalue weighted by atomic mass is 10.1. The molecule has 0 radical (unpaired) electrons. The van der Waals surface area contributed by atoms with Crippen LogP contribution in [-0.4, -0.2) is 49.2 Å². The minimum Gasteiger partial charge on any atom is -0.497 e. The summed E-state index contributed by atoms with van der Waals surface area (Å²) in [6.07, 6.45) is 1.60. The fourth-order valence-corrected chi connectivity index (χ4v) is 6.01. The molecule has 2 aromatic carbocycles. The molecule has 180 valence electrons. The smallest absolute Gasteiger partial charge is 0.266 e. The number of methoxy groups -OCH3 is 1. The Hall–Kier alpha value is -3.17. The van der Waals surface area contributed by atoms with E-state index in [0.717, 1.165) is 69.3 Å². The van der Waals surface area contributed by atoms with Crippen molar-refractivity contribution in [2.24, 2.45) is 0 Å². The predicted molar refractivity (Wildman–Crippen MR) is 146 cm³/mol. The lowest BCUT2D eigenvalue weighted by molar-refractivity contribution is 0.103. The van der Waals surface area contributed by atoms with Crippen molar-refractivity contribution in [3.63, 3.8) is 0 Å². The van der Waals surface area contributed by atoms with E-state index in [-0.39, 0.29) is 5.91 Å². The van der Waals surface area contributed by atoms with Crippen LogP contribution in [0, 0.1) is 13.8 Å². The first-order valence-electron chi connectivity index (χ1n) is 11.4. The maximum atomic E-state index is 13.2. The molecular formula is C26H26BrN5O2S. The van der Waals surface area contributed by atoms with Crippen LogP contribution in [0.1, 0.15) is 20.8 Å². The van der Waals surface area contributed by atoms with E-state index in [1.165, 1.54) is 17.0 Å². The summed E-state index contributed by atoms with van der Waals surface area (Å²) in [6.45, 7) is 7.45. The molecule has 0 spiro atoms. The number of fused-ring (bicyclic) bond motifs is 1. The van der Waals surface area contributed by atoms with Crippen LogP contribution in [0.5, 0.6) is 5.75 Å². The second kappa shape index (κ2) is 9.83. The maximum Gasteiger partial charge on any atom is 0.266 e. The van der Waals surface area contributed by atoms with Gasteiger partial charge < -0.3 is 19.9 Å². The van der Waals surface area contributed by atoms with Gasteiger partial charge in [-0.25, -0.2) is 9.97 Å². The zero-order chi connectivity index (χ0) is 24.5. The highest BCUT2D eigenvalue weighted by atomic mass is 79.9. The zero-order valence-electron chi connectivity index (χ0n) is 19.8. The van der Waals surface area contributed by atoms with Crippen LogP contribution >= 0.6 is 27.3 Å². The molecule has 5 rings (SSSR count). The number of nitrogens with zero attached hydrogens (tertiary/aromatic N) is 4. The summed E-state index contributed by atoms with van der Waals surface area (Å²) >= 11 is 4.96. The van der Waals surface area contributed by atoms with Crippen molar-refractivity contribution in [2.75, 3.05) is 48.4 Å². The number of rotatable bonds is 5. The van der Waals surface area contributed by atoms with Gasteiger partial charge in [-0.3, -0.25) is 4.79 Å². The van der Waals surface area contributed by atoms with E-state index in [1.54, 1.807) is 13.4 Å². The van der Waals surface area contributed by atoms with Gasteiger partial charge in [0.05, 0.1) is 23.1 Å². The van der Waals surface area contributed by atoms with Crippen molar-refractivity contribution in [1.82, 2.24) is 9.97 Å². The third kappa shape index (κ3) is 4.70. The van der Waals surface area contributed by atoms with E-state index in [4.69, 9.17) is 4.74 Å². The first kappa shape index (κ1) is 23.6. The molecule has 9 heteroatoms. The molecule has 0 unspecified atom stereocenters. The predicted octanol–water partition coefficient (Wildman–Crippen LogP) is 5.66. The van der Waals surface area contributed by atoms with Crippen LogP contribution in [0.15, 0.2) is 53.3 Å². The van der Waals surface area contributed by atoms with Crippen molar-refractivity contribution >= 4 is 60.6 Å². The second-order valence-electron chi connectivity index (χ2n) is 8.54. The molecule has 0 saturated carbocycles. The fourth-order valence-electron chi connectivity index (χ4n) is 4.38. The standard InChI is InChI=1S/C26H26BrN5O2S/c1-16-4-9-21(20(27)14-16)30-25(33)23-17(2)22-24(28-15-29-26(22)35-23)32-12-10-31(11-13-32)18-5-7-19(34-3)8-6-18/h4-9,14-15H,10-13H2,1-3H3,(H,30,33). The second-order valence-corrected chi connectivity index (χ2v) is 10.4. The molecule has 0 aliphatic carbocycles. The monoisotopic (exact) mass is 551 g/mol. The van der Waals surface area contributed by atoms with E-state index in [0.29, 0.717) is 4.88 Å². The van der Waals surface area contributed by atoms with E-state index >= 15 is 0 Å². The Balaban J connectivity index is 1.36. The molecule has 3 heterocycles. The Labute approximate surface area is 216 Å². The van der Waals surface area contributed by atoms with Gasteiger partial charge in [0.1, 0.15) is 22.7 Å². The first-order valence-corrected chi connectivity index (χ1v) is 13.0. The number of benzene rings is 2. The lowest BCUT2D eigenvalue weighted by Gasteiger charge is -2.37. The van der Waals surface area contributed by atoms with E-state index < -0.39 is 0 Å². The average Bonchev–Trinajstić information content (AvgIpc) is 3.22. The van der Waals surface area contributed by atoms with Gasteiger partial charge in [-0.1, -0.05) is 6.07 Å². The van der Waals surface area contributed by atoms with Gasteiger partial charge in [0.25, 0.3) is 5.91 Å². The molecule has 1 aliphatic heterocycles. The van der Waals surface area contributed by atoms with Gasteiger partial charge in [-0.05, 0) is 77.3 Å². The molecule has 1 fully saturated rings. The van der Waals surface area contributed by atoms with E-state index in [2.05, 4.69) is 53.1 Å². The van der Waals surface area contributed by atoms with Crippen LogP contribution in [-0.2, 0) is 0 Å². The number of carbonyl (C=O) groups excluding carboxylic acids is 1. The van der Waals surface area contributed by atoms with Crippen molar-refractivity contribution in [3.8, 4) is 5.75 Å². The summed E-state index contributed by atoms with van der Waals surface area (Å²) in [5, 5.41) is 4.00. The Morgan fingerprint density at radius 3 is 2.43 bits per heavy atom. The third-order valence-electron chi connectivity index (χ3n) is 6.30. The van der Waals surface area contributed by atoms with Crippen molar-refractivity contribution in [1.29, 1.82) is 0 Å². The molecule has 1 amide bonds. The highest BCUT2D eigenvalue weighted by molar-refractivity contribution is 9.10.